The average molecular weight is 856 g/mol. The molecule has 1 aromatic carbocycles. The number of aryl methyl sites for hydroxylation is 1. The van der Waals surface area contributed by atoms with E-state index < -0.39 is 77.6 Å². The molecule has 1 aromatic heterocycles. The number of nitrogens with two attached hydrogens (primary N) is 1. The van der Waals surface area contributed by atoms with Crippen molar-refractivity contribution in [3.05, 3.63) is 43.1 Å². The van der Waals surface area contributed by atoms with Crippen molar-refractivity contribution in [1.82, 2.24) is 30.1 Å². The number of aliphatic hydroxyl groups excluding tert-OH is 1. The van der Waals surface area contributed by atoms with Gasteiger partial charge in [-0.1, -0.05) is 51.1 Å². The zero-order chi connectivity index (χ0) is 45.2. The van der Waals surface area contributed by atoms with Gasteiger partial charge in [0, 0.05) is 56.1 Å². The summed E-state index contributed by atoms with van der Waals surface area (Å²) < 4.78 is 33.2. The number of hydrogen-bond donors (Lipinski definition) is 3. The molecule has 2 aliphatic rings. The molecule has 4 N–H and O–H groups in total. The number of fused-ring (bicyclic) bond motifs is 1. The summed E-state index contributed by atoms with van der Waals surface area (Å²) in [7, 11) is 5.34. The predicted molar refractivity (Wildman–Crippen MR) is 233 cm³/mol. The van der Waals surface area contributed by atoms with E-state index in [4.69, 9.17) is 29.4 Å². The molecule has 0 aliphatic carbocycles. The van der Waals surface area contributed by atoms with Crippen LogP contribution in [0.1, 0.15) is 87.5 Å². The minimum atomic E-state index is -1.31. The Kier molecular flexibility index (Phi) is 17.9. The number of nitrogens with zero attached hydrogens (tertiary/aromatic N) is 5. The van der Waals surface area contributed by atoms with Crippen LogP contribution >= 0.6 is 0 Å². The highest BCUT2D eigenvalue weighted by atomic mass is 16.7. The molecule has 16 nitrogen and oxygen atoms in total. The second-order valence-corrected chi connectivity index (χ2v) is 17.4. The van der Waals surface area contributed by atoms with Crippen LogP contribution < -0.4 is 11.1 Å². The fraction of sp³-hybridized carbons (Fsp3) is 0.711. The number of carbonyl (C=O) groups is 3. The Hall–Kier alpha value is -3.93. The normalized spacial score (nSPS) is 30.8. The summed E-state index contributed by atoms with van der Waals surface area (Å²) in [4.78, 5) is 46.1. The molecular formula is C45H73N7O9. The molecule has 0 radical (unpaired) electrons. The molecule has 61 heavy (non-hydrogen) atoms. The number of esters is 1. The molecule has 2 saturated heterocycles. The van der Waals surface area contributed by atoms with Gasteiger partial charge < -0.3 is 44.7 Å². The summed E-state index contributed by atoms with van der Waals surface area (Å²) >= 11 is 0. The number of aromatic nitrogens is 3. The second kappa shape index (κ2) is 21.9. The Morgan fingerprint density at radius 1 is 1.13 bits per heavy atom. The lowest BCUT2D eigenvalue weighted by atomic mass is 9.78. The third-order valence-electron chi connectivity index (χ3n) is 12.7. The highest BCUT2D eigenvalue weighted by molar-refractivity contribution is 6.00. The molecule has 3 unspecified atom stereocenters. The standard InChI is InChI=1S/C45H73N7O9/c1-13-33-39-45(9,61-43(56)52(39)23-18-17-22-51-27-34(48-49-51)31-20-19-21-32(46)24-31)36(15-3)59-41(55)30(7)37(53)29(6)40(44(8,57-12)25-28(5)26-47-33)60-42(58-16-4)38(54)35(14-2)50(10)11/h13,19-21,24,27-30,33,35-36,38-40,42,47,54H,1,14-18,22-23,25-26,46H2,2-12H3/t28-,29+,30-,33?,35?,36-,38?,39-,40-,42+,44-,45-/m1/s1. The maximum atomic E-state index is 14.5. The van der Waals surface area contributed by atoms with Crippen LogP contribution in [0.2, 0.25) is 0 Å². The molecule has 342 valence electrons. The summed E-state index contributed by atoms with van der Waals surface area (Å²) in [6.07, 6.45) is 1.79. The van der Waals surface area contributed by atoms with E-state index in [0.29, 0.717) is 63.1 Å². The SMILES string of the molecule is C=CC1NC[C@H](C)C[C@@](C)(OC)[C@H](O[C@H](OCC)C(O)C(CC)N(C)C)[C@@H](C)C(=O)[C@@H](C)C(=O)O[C@H](CC)[C@@]2(C)OC(=O)N(CCCCn3cc(-c4cccc(N)c4)nn3)[C@H]12. The van der Waals surface area contributed by atoms with Gasteiger partial charge in [0.1, 0.15) is 23.8 Å². The number of likely N-dealkylation sites (N-methyl/N-ethyl adjacent to an activating group) is 1. The van der Waals surface area contributed by atoms with E-state index in [-0.39, 0.29) is 18.6 Å². The minimum Gasteiger partial charge on any atom is -0.458 e. The number of nitrogens with one attached hydrogen (secondary N) is 1. The quantitative estimate of drug-likeness (QED) is 0.0476. The number of rotatable bonds is 17. The van der Waals surface area contributed by atoms with Crippen molar-refractivity contribution in [3.8, 4) is 11.3 Å². The number of unbranched alkanes of at least 4 members (excludes halogenated alkanes) is 1. The number of benzene rings is 1. The number of amides is 1. The third kappa shape index (κ3) is 11.6. The van der Waals surface area contributed by atoms with Gasteiger partial charge in [-0.2, -0.15) is 0 Å². The van der Waals surface area contributed by atoms with Crippen molar-refractivity contribution in [2.45, 2.75) is 148 Å². The largest absolute Gasteiger partial charge is 0.458 e. The van der Waals surface area contributed by atoms with E-state index in [9.17, 15) is 19.5 Å². The monoisotopic (exact) mass is 856 g/mol. The van der Waals surface area contributed by atoms with Crippen molar-refractivity contribution >= 4 is 23.5 Å². The Bertz CT molecular complexity index is 1760. The maximum Gasteiger partial charge on any atom is 0.410 e. The van der Waals surface area contributed by atoms with Gasteiger partial charge in [-0.05, 0) is 98.5 Å². The maximum absolute atomic E-state index is 14.5. The summed E-state index contributed by atoms with van der Waals surface area (Å²) in [5.74, 6) is -3.33. The van der Waals surface area contributed by atoms with Gasteiger partial charge in [0.15, 0.2) is 17.7 Å². The predicted octanol–water partition coefficient (Wildman–Crippen LogP) is 5.09. The zero-order valence-electron chi connectivity index (χ0n) is 38.3. The van der Waals surface area contributed by atoms with Gasteiger partial charge >= 0.3 is 12.1 Å². The molecule has 12 atom stereocenters. The summed E-state index contributed by atoms with van der Waals surface area (Å²) in [6, 6.07) is 6.07. The van der Waals surface area contributed by atoms with Crippen LogP contribution in [0, 0.1) is 17.8 Å². The lowest BCUT2D eigenvalue weighted by Crippen LogP contribution is -2.61. The molecule has 1 amide bonds. The van der Waals surface area contributed by atoms with Gasteiger partial charge in [0.25, 0.3) is 0 Å². The number of ketones is 1. The molecule has 2 aromatic rings. The molecule has 16 heteroatoms. The van der Waals surface area contributed by atoms with Gasteiger partial charge in [-0.25, -0.2) is 4.79 Å². The number of methoxy groups -OCH3 is 1. The fourth-order valence-electron chi connectivity index (χ4n) is 9.22. The lowest BCUT2D eigenvalue weighted by Gasteiger charge is -2.44. The summed E-state index contributed by atoms with van der Waals surface area (Å²) in [5.41, 5.74) is 5.81. The highest BCUT2D eigenvalue weighted by Crippen LogP contribution is 2.40. The first-order chi connectivity index (χ1) is 28.9. The minimum absolute atomic E-state index is 0.0681. The fourth-order valence-corrected chi connectivity index (χ4v) is 9.22. The molecule has 4 rings (SSSR count). The van der Waals surface area contributed by atoms with Gasteiger partial charge in [-0.15, -0.1) is 11.7 Å². The van der Waals surface area contributed by atoms with Crippen LogP contribution in [0.25, 0.3) is 11.3 Å². The molecular weight excluding hydrogens is 783 g/mol. The van der Waals surface area contributed by atoms with Crippen molar-refractivity contribution < 1.29 is 43.2 Å². The van der Waals surface area contributed by atoms with Gasteiger partial charge in [0.2, 0.25) is 0 Å². The Morgan fingerprint density at radius 3 is 2.44 bits per heavy atom. The van der Waals surface area contributed by atoms with Gasteiger partial charge in [-0.3, -0.25) is 19.2 Å². The van der Waals surface area contributed by atoms with Crippen molar-refractivity contribution in [2.75, 3.05) is 46.6 Å². The van der Waals surface area contributed by atoms with E-state index >= 15 is 0 Å². The number of Topliss-reactive ketones (excluding diaryl/α,β-unsaturated/α-hetero) is 1. The number of cyclic esters (lactones) is 1. The smallest absolute Gasteiger partial charge is 0.410 e. The van der Waals surface area contributed by atoms with E-state index in [2.05, 4.69) is 29.1 Å². The number of aliphatic hydroxyl groups is 1. The first kappa shape index (κ1) is 49.7. The van der Waals surface area contributed by atoms with E-state index in [1.807, 2.05) is 77.2 Å². The first-order valence-corrected chi connectivity index (χ1v) is 21.9. The van der Waals surface area contributed by atoms with E-state index in [1.165, 1.54) is 6.92 Å². The number of ether oxygens (including phenoxy) is 5. The average Bonchev–Trinajstić information content (AvgIpc) is 3.80. The van der Waals surface area contributed by atoms with Crippen LogP contribution in [0.15, 0.2) is 43.1 Å². The van der Waals surface area contributed by atoms with E-state index in [0.717, 1.165) is 5.56 Å². The molecule has 0 saturated carbocycles. The molecule has 0 spiro atoms. The van der Waals surface area contributed by atoms with Crippen molar-refractivity contribution in [2.24, 2.45) is 17.8 Å². The molecule has 3 heterocycles. The van der Waals surface area contributed by atoms with Crippen molar-refractivity contribution in [3.63, 3.8) is 0 Å². The summed E-state index contributed by atoms with van der Waals surface area (Å²) in [5, 5.41) is 23.9. The van der Waals surface area contributed by atoms with Crippen LogP contribution in [-0.2, 0) is 39.8 Å². The van der Waals surface area contributed by atoms with Crippen molar-refractivity contribution in [1.29, 1.82) is 0 Å². The van der Waals surface area contributed by atoms with Gasteiger partial charge in [0.05, 0.1) is 23.9 Å². The zero-order valence-corrected chi connectivity index (χ0v) is 38.3. The topological polar surface area (TPSA) is 193 Å². The Morgan fingerprint density at radius 2 is 1.84 bits per heavy atom. The number of anilines is 1. The molecule has 2 fully saturated rings. The molecule has 0 bridgehead atoms. The van der Waals surface area contributed by atoms with Crippen LogP contribution in [0.4, 0.5) is 10.5 Å². The van der Waals surface area contributed by atoms with Crippen LogP contribution in [-0.4, -0.2) is 143 Å². The molecule has 2 aliphatic heterocycles. The lowest BCUT2D eigenvalue weighted by molar-refractivity contribution is -0.265. The van der Waals surface area contributed by atoms with E-state index in [1.54, 1.807) is 36.6 Å². The highest BCUT2D eigenvalue weighted by Gasteiger charge is 2.59. The third-order valence-corrected chi connectivity index (χ3v) is 12.7. The Labute approximate surface area is 362 Å². The second-order valence-electron chi connectivity index (χ2n) is 17.4. The van der Waals surface area contributed by atoms with Crippen LogP contribution in [0.3, 0.4) is 0 Å². The number of hydrogen-bond acceptors (Lipinski definition) is 14. The number of nitrogen functional groups attached to an aromatic ring is 1. The first-order valence-electron chi connectivity index (χ1n) is 21.9. The number of carbonyl (C=O) groups excluding carboxylic acids is 3. The van der Waals surface area contributed by atoms with Crippen LogP contribution in [0.5, 0.6) is 0 Å². The Balaban J connectivity index is 1.64. The summed E-state index contributed by atoms with van der Waals surface area (Å²) in [6.45, 7) is 20.5.